The van der Waals surface area contributed by atoms with E-state index in [2.05, 4.69) is 9.88 Å². The maximum atomic E-state index is 13.4. The normalized spacial score (nSPS) is 16.5. The molecule has 0 spiro atoms. The Morgan fingerprint density at radius 3 is 2.68 bits per heavy atom. The van der Waals surface area contributed by atoms with Crippen LogP contribution in [0.5, 0.6) is 0 Å². The summed E-state index contributed by atoms with van der Waals surface area (Å²) in [5, 5.41) is 9.08. The molecule has 1 fully saturated rings. The van der Waals surface area contributed by atoms with Crippen LogP contribution in [0.1, 0.15) is 27.6 Å². The molecule has 10 heteroatoms. The first-order chi connectivity index (χ1) is 15.0. The van der Waals surface area contributed by atoms with Crippen molar-refractivity contribution in [3.8, 4) is 0 Å². The van der Waals surface area contributed by atoms with E-state index >= 15 is 0 Å². The predicted molar refractivity (Wildman–Crippen MR) is 118 cm³/mol. The summed E-state index contributed by atoms with van der Waals surface area (Å²) in [5.41, 5.74) is 1.49. The van der Waals surface area contributed by atoms with Gasteiger partial charge in [-0.1, -0.05) is 29.5 Å². The Kier molecular flexibility index (Phi) is 6.61. The summed E-state index contributed by atoms with van der Waals surface area (Å²) in [6.07, 6.45) is 0.0341. The molecule has 0 radical (unpaired) electrons. The lowest BCUT2D eigenvalue weighted by atomic mass is 10.0. The highest BCUT2D eigenvalue weighted by Crippen LogP contribution is 2.31. The van der Waals surface area contributed by atoms with Gasteiger partial charge in [0.05, 0.1) is 10.2 Å². The molecule has 0 bridgehead atoms. The third kappa shape index (κ3) is 4.62. The number of carbonyl (C=O) groups is 1. The van der Waals surface area contributed by atoms with E-state index in [9.17, 15) is 23.1 Å². The summed E-state index contributed by atoms with van der Waals surface area (Å²) in [4.78, 5) is 21.5. The van der Waals surface area contributed by atoms with E-state index in [1.807, 2.05) is 0 Å². The third-order valence-electron chi connectivity index (χ3n) is 5.34. The van der Waals surface area contributed by atoms with Gasteiger partial charge in [-0.3, -0.25) is 9.00 Å². The molecule has 1 aliphatic heterocycles. The number of rotatable bonds is 6. The summed E-state index contributed by atoms with van der Waals surface area (Å²) >= 11 is -1.03. The number of piperazine rings is 1. The van der Waals surface area contributed by atoms with Crippen LogP contribution in [0.2, 0.25) is 0 Å². The van der Waals surface area contributed by atoms with Gasteiger partial charge < -0.3 is 19.5 Å². The van der Waals surface area contributed by atoms with Gasteiger partial charge in [0.25, 0.3) is 5.91 Å². The van der Waals surface area contributed by atoms with Gasteiger partial charge in [-0.05, 0) is 47.3 Å². The molecule has 1 aliphatic rings. The molecule has 0 saturated carbocycles. The highest BCUT2D eigenvalue weighted by atomic mass is 32.2. The van der Waals surface area contributed by atoms with Gasteiger partial charge in [-0.2, -0.15) is 0 Å². The zero-order valence-electron chi connectivity index (χ0n) is 16.6. The van der Waals surface area contributed by atoms with E-state index in [1.165, 1.54) is 23.5 Å². The minimum absolute atomic E-state index is 0.0341. The van der Waals surface area contributed by atoms with E-state index in [-0.39, 0.29) is 24.8 Å². The molecule has 1 aromatic heterocycles. The van der Waals surface area contributed by atoms with Gasteiger partial charge >= 0.3 is 0 Å². The van der Waals surface area contributed by atoms with Crippen molar-refractivity contribution in [2.24, 2.45) is 0 Å². The molecule has 2 atom stereocenters. The topological polar surface area (TPSA) is 96.8 Å². The number of aliphatic hydroxyl groups is 1. The van der Waals surface area contributed by atoms with E-state index in [0.717, 1.165) is 15.3 Å². The van der Waals surface area contributed by atoms with Gasteiger partial charge in [-0.25, -0.2) is 9.37 Å². The van der Waals surface area contributed by atoms with Crippen molar-refractivity contribution in [3.63, 3.8) is 0 Å². The molecular formula is C21H21FN3O4S2-. The summed E-state index contributed by atoms with van der Waals surface area (Å²) in [6, 6.07) is 11.2. The van der Waals surface area contributed by atoms with Crippen molar-refractivity contribution in [1.82, 2.24) is 9.88 Å². The molecule has 1 amide bonds. The van der Waals surface area contributed by atoms with Crippen molar-refractivity contribution in [2.45, 2.75) is 11.7 Å². The number of hydrogen-bond donors (Lipinski definition) is 1. The van der Waals surface area contributed by atoms with Gasteiger partial charge in [0.1, 0.15) is 5.82 Å². The van der Waals surface area contributed by atoms with Crippen molar-refractivity contribution >= 4 is 43.7 Å². The first kappa shape index (κ1) is 21.8. The Morgan fingerprint density at radius 1 is 1.23 bits per heavy atom. The average molecular weight is 463 g/mol. The summed E-state index contributed by atoms with van der Waals surface area (Å²) in [6.45, 7) is 1.78. The lowest BCUT2D eigenvalue weighted by molar-refractivity contribution is 0.0745. The SMILES string of the molecule is O=C(c1ccccc1C(CCO)S(=O)[O-])N1CCN(c2nc3ccc(F)cc3s2)CC1. The number of aromatic nitrogens is 1. The number of nitrogens with zero attached hydrogens (tertiary/aromatic N) is 3. The van der Waals surface area contributed by atoms with Crippen LogP contribution >= 0.6 is 11.3 Å². The van der Waals surface area contributed by atoms with Gasteiger partial charge in [-0.15, -0.1) is 0 Å². The number of halogens is 1. The van der Waals surface area contributed by atoms with E-state index in [1.54, 1.807) is 35.2 Å². The fraction of sp³-hybridized carbons (Fsp3) is 0.333. The Labute approximate surface area is 185 Å². The van der Waals surface area contributed by atoms with Crippen molar-refractivity contribution in [2.75, 3.05) is 37.7 Å². The van der Waals surface area contributed by atoms with Crippen LogP contribution < -0.4 is 4.90 Å². The number of amides is 1. The highest BCUT2D eigenvalue weighted by Gasteiger charge is 2.27. The van der Waals surface area contributed by atoms with Gasteiger partial charge in [0.2, 0.25) is 0 Å². The maximum absolute atomic E-state index is 13.4. The van der Waals surface area contributed by atoms with Crippen molar-refractivity contribution in [3.05, 3.63) is 59.4 Å². The molecule has 164 valence electrons. The monoisotopic (exact) mass is 462 g/mol. The highest BCUT2D eigenvalue weighted by molar-refractivity contribution is 7.79. The number of anilines is 1. The van der Waals surface area contributed by atoms with Crippen LogP contribution in [0, 0.1) is 5.82 Å². The largest absolute Gasteiger partial charge is 0.772 e. The molecule has 0 aliphatic carbocycles. The average Bonchev–Trinajstić information content (AvgIpc) is 3.20. The summed E-state index contributed by atoms with van der Waals surface area (Å²) in [5.74, 6) is -0.523. The van der Waals surface area contributed by atoms with Crippen LogP contribution in [0.25, 0.3) is 10.2 Å². The van der Waals surface area contributed by atoms with Gasteiger partial charge in [0, 0.05) is 43.6 Å². The minimum Gasteiger partial charge on any atom is -0.772 e. The predicted octanol–water partition coefficient (Wildman–Crippen LogP) is 2.70. The van der Waals surface area contributed by atoms with Crippen molar-refractivity contribution < 1.29 is 23.1 Å². The van der Waals surface area contributed by atoms with Crippen LogP contribution in [-0.2, 0) is 11.1 Å². The van der Waals surface area contributed by atoms with Crippen LogP contribution in [0.4, 0.5) is 9.52 Å². The molecule has 7 nitrogen and oxygen atoms in total. The standard InChI is InChI=1S/C21H22FN3O4S2/c22-14-5-6-17-18(13-14)30-21(23-17)25-10-8-24(9-11-25)20(27)16-4-2-1-3-15(16)19(7-12-26)31(28)29/h1-6,13,19,26H,7-12H2,(H,28,29)/p-1. The Bertz CT molecular complexity index is 1110. The second kappa shape index (κ2) is 9.39. The molecule has 2 heterocycles. The molecule has 3 aromatic rings. The van der Waals surface area contributed by atoms with E-state index in [4.69, 9.17) is 0 Å². The quantitative estimate of drug-likeness (QED) is 0.566. The van der Waals surface area contributed by atoms with E-state index in [0.29, 0.717) is 37.3 Å². The first-order valence-electron chi connectivity index (χ1n) is 9.86. The zero-order chi connectivity index (χ0) is 22.0. The lowest BCUT2D eigenvalue weighted by Crippen LogP contribution is -2.49. The molecule has 1 saturated heterocycles. The number of aliphatic hydroxyl groups excluding tert-OH is 1. The molecule has 2 unspecified atom stereocenters. The number of fused-ring (bicyclic) bond motifs is 1. The maximum Gasteiger partial charge on any atom is 0.254 e. The molecule has 1 N–H and O–H groups in total. The van der Waals surface area contributed by atoms with Crippen LogP contribution in [0.3, 0.4) is 0 Å². The smallest absolute Gasteiger partial charge is 0.254 e. The summed E-state index contributed by atoms with van der Waals surface area (Å²) in [7, 11) is 0. The lowest BCUT2D eigenvalue weighted by Gasteiger charge is -2.35. The Balaban J connectivity index is 1.49. The minimum atomic E-state index is -2.45. The number of thiazole rings is 1. The number of carbonyl (C=O) groups excluding carboxylic acids is 1. The van der Waals surface area contributed by atoms with Crippen molar-refractivity contribution in [1.29, 1.82) is 0 Å². The van der Waals surface area contributed by atoms with E-state index < -0.39 is 16.3 Å². The molecule has 4 rings (SSSR count). The Morgan fingerprint density at radius 2 is 1.97 bits per heavy atom. The summed E-state index contributed by atoms with van der Waals surface area (Å²) < 4.78 is 37.6. The molecule has 2 aromatic carbocycles. The van der Waals surface area contributed by atoms with Gasteiger partial charge in [0.15, 0.2) is 5.13 Å². The zero-order valence-corrected chi connectivity index (χ0v) is 18.2. The van der Waals surface area contributed by atoms with Crippen LogP contribution in [-0.4, -0.2) is 62.4 Å². The second-order valence-electron chi connectivity index (χ2n) is 7.24. The number of benzene rings is 2. The molecule has 31 heavy (non-hydrogen) atoms. The van der Waals surface area contributed by atoms with Crippen LogP contribution in [0.15, 0.2) is 42.5 Å². The second-order valence-corrected chi connectivity index (χ2v) is 9.34. The Hall–Kier alpha value is -2.40. The number of hydrogen-bond acceptors (Lipinski definition) is 7. The molecular weight excluding hydrogens is 441 g/mol. The third-order valence-corrected chi connectivity index (χ3v) is 7.37. The fourth-order valence-corrected chi connectivity index (χ4v) is 5.49. The first-order valence-corrected chi connectivity index (χ1v) is 11.8. The fourth-order valence-electron chi connectivity index (χ4n) is 3.74.